The average Bonchev–Trinajstić information content (AvgIpc) is 2.86. The Morgan fingerprint density at radius 1 is 1.20 bits per heavy atom. The largest absolute Gasteiger partial charge is 0.345 e. The fraction of sp³-hybridized carbons (Fsp3) is 0.368. The van der Waals surface area contributed by atoms with Crippen molar-refractivity contribution in [3.05, 3.63) is 51.4 Å². The summed E-state index contributed by atoms with van der Waals surface area (Å²) in [4.78, 5) is 25.3. The molecule has 0 fully saturated rings. The Morgan fingerprint density at radius 2 is 1.88 bits per heavy atom. The quantitative estimate of drug-likeness (QED) is 0.769. The Bertz CT molecular complexity index is 793. The standard InChI is InChI=1S/C19H23ClN2O2S/c1-11-9-15(22-18(24)19(3,4)5)25-16(11)17(23)21-12(2)13-7-6-8-14(20)10-13/h6-10,12H,1-5H3,(H,21,23)(H,22,24). The smallest absolute Gasteiger partial charge is 0.262 e. The Labute approximate surface area is 157 Å². The molecule has 0 aliphatic heterocycles. The highest BCUT2D eigenvalue weighted by molar-refractivity contribution is 7.18. The van der Waals surface area contributed by atoms with Crippen molar-refractivity contribution in [1.29, 1.82) is 0 Å². The molecule has 2 rings (SSSR count). The van der Waals surface area contributed by atoms with Gasteiger partial charge in [-0.15, -0.1) is 11.3 Å². The summed E-state index contributed by atoms with van der Waals surface area (Å²) in [6.45, 7) is 9.33. The summed E-state index contributed by atoms with van der Waals surface area (Å²) < 4.78 is 0. The van der Waals surface area contributed by atoms with Crippen molar-refractivity contribution >= 4 is 39.8 Å². The summed E-state index contributed by atoms with van der Waals surface area (Å²) in [5, 5.41) is 7.17. The van der Waals surface area contributed by atoms with Gasteiger partial charge in [-0.1, -0.05) is 44.5 Å². The first kappa shape index (κ1) is 19.5. The number of benzene rings is 1. The highest BCUT2D eigenvalue weighted by atomic mass is 35.5. The molecule has 1 aromatic carbocycles. The number of thiophene rings is 1. The number of hydrogen-bond donors (Lipinski definition) is 2. The van der Waals surface area contributed by atoms with Crippen molar-refractivity contribution < 1.29 is 9.59 Å². The number of hydrogen-bond acceptors (Lipinski definition) is 3. The zero-order chi connectivity index (χ0) is 18.8. The summed E-state index contributed by atoms with van der Waals surface area (Å²) in [5.74, 6) is -0.237. The van der Waals surface area contributed by atoms with E-state index in [4.69, 9.17) is 11.6 Å². The number of carbonyl (C=O) groups excluding carboxylic acids is 2. The van der Waals surface area contributed by atoms with Crippen LogP contribution in [-0.2, 0) is 4.79 Å². The van der Waals surface area contributed by atoms with Crippen LogP contribution in [0, 0.1) is 12.3 Å². The first-order chi connectivity index (χ1) is 11.6. The molecule has 0 aliphatic rings. The van der Waals surface area contributed by atoms with Gasteiger partial charge in [-0.25, -0.2) is 0 Å². The van der Waals surface area contributed by atoms with Crippen LogP contribution in [0.4, 0.5) is 5.00 Å². The zero-order valence-electron chi connectivity index (χ0n) is 15.1. The van der Waals surface area contributed by atoms with Crippen LogP contribution in [0.3, 0.4) is 0 Å². The molecule has 2 amide bonds. The van der Waals surface area contributed by atoms with Crippen molar-refractivity contribution in [2.75, 3.05) is 5.32 Å². The fourth-order valence-corrected chi connectivity index (χ4v) is 3.36. The van der Waals surface area contributed by atoms with Crippen LogP contribution in [0.1, 0.15) is 54.5 Å². The third-order valence-electron chi connectivity index (χ3n) is 3.74. The van der Waals surface area contributed by atoms with Gasteiger partial charge in [0.15, 0.2) is 0 Å². The van der Waals surface area contributed by atoms with Crippen LogP contribution in [-0.4, -0.2) is 11.8 Å². The maximum Gasteiger partial charge on any atom is 0.262 e. The minimum absolute atomic E-state index is 0.0759. The molecule has 2 N–H and O–H groups in total. The summed E-state index contributed by atoms with van der Waals surface area (Å²) in [5.41, 5.74) is 1.29. The lowest BCUT2D eigenvalue weighted by Gasteiger charge is -2.16. The van der Waals surface area contributed by atoms with E-state index in [-0.39, 0.29) is 17.9 Å². The lowest BCUT2D eigenvalue weighted by Crippen LogP contribution is -2.27. The number of amides is 2. The van der Waals surface area contributed by atoms with E-state index in [0.29, 0.717) is 14.9 Å². The number of halogens is 1. The SMILES string of the molecule is Cc1cc(NC(=O)C(C)(C)C)sc1C(=O)NC(C)c1cccc(Cl)c1. The molecule has 0 aliphatic carbocycles. The van der Waals surface area contributed by atoms with E-state index in [9.17, 15) is 9.59 Å². The van der Waals surface area contributed by atoms with Gasteiger partial charge < -0.3 is 10.6 Å². The molecule has 4 nitrogen and oxygen atoms in total. The van der Waals surface area contributed by atoms with E-state index in [2.05, 4.69) is 10.6 Å². The predicted molar refractivity (Wildman–Crippen MR) is 104 cm³/mol. The van der Waals surface area contributed by atoms with E-state index in [1.807, 2.05) is 58.9 Å². The number of carbonyl (C=O) groups is 2. The summed E-state index contributed by atoms with van der Waals surface area (Å²) >= 11 is 7.29. The number of aryl methyl sites for hydroxylation is 1. The second-order valence-corrected chi connectivity index (χ2v) is 8.57. The molecule has 134 valence electrons. The van der Waals surface area contributed by atoms with Crippen molar-refractivity contribution in [3.63, 3.8) is 0 Å². The van der Waals surface area contributed by atoms with E-state index in [1.165, 1.54) is 11.3 Å². The van der Waals surface area contributed by atoms with Crippen LogP contribution >= 0.6 is 22.9 Å². The Balaban J connectivity index is 2.11. The van der Waals surface area contributed by atoms with E-state index >= 15 is 0 Å². The maximum absolute atomic E-state index is 12.6. The third kappa shape index (κ3) is 5.06. The van der Waals surface area contributed by atoms with E-state index in [1.54, 1.807) is 6.07 Å². The highest BCUT2D eigenvalue weighted by Crippen LogP contribution is 2.29. The zero-order valence-corrected chi connectivity index (χ0v) is 16.6. The molecule has 0 spiro atoms. The summed E-state index contributed by atoms with van der Waals surface area (Å²) in [7, 11) is 0. The molecule has 2 aromatic rings. The van der Waals surface area contributed by atoms with E-state index in [0.717, 1.165) is 11.1 Å². The molecule has 1 heterocycles. The first-order valence-corrected chi connectivity index (χ1v) is 9.25. The van der Waals surface area contributed by atoms with Crippen molar-refractivity contribution in [2.24, 2.45) is 5.41 Å². The van der Waals surface area contributed by atoms with Gasteiger partial charge in [-0.2, -0.15) is 0 Å². The van der Waals surface area contributed by atoms with Gasteiger partial charge in [0.1, 0.15) is 0 Å². The molecule has 1 aromatic heterocycles. The van der Waals surface area contributed by atoms with E-state index < -0.39 is 5.41 Å². The monoisotopic (exact) mass is 378 g/mol. The molecule has 1 atom stereocenters. The molecular formula is C19H23ClN2O2S. The lowest BCUT2D eigenvalue weighted by atomic mass is 9.96. The second kappa shape index (κ2) is 7.58. The number of nitrogens with one attached hydrogen (secondary N) is 2. The molecule has 0 bridgehead atoms. The first-order valence-electron chi connectivity index (χ1n) is 8.06. The summed E-state index contributed by atoms with van der Waals surface area (Å²) in [6, 6.07) is 9.08. The molecule has 0 saturated heterocycles. The van der Waals surface area contributed by atoms with Gasteiger partial charge in [0, 0.05) is 10.4 Å². The Morgan fingerprint density at radius 3 is 2.48 bits per heavy atom. The molecule has 25 heavy (non-hydrogen) atoms. The minimum atomic E-state index is -0.485. The van der Waals surface area contributed by atoms with Gasteiger partial charge >= 0.3 is 0 Å². The predicted octanol–water partition coefficient (Wildman–Crippen LogP) is 5.19. The Hall–Kier alpha value is -1.85. The average molecular weight is 379 g/mol. The fourth-order valence-electron chi connectivity index (χ4n) is 2.19. The maximum atomic E-state index is 12.6. The van der Waals surface area contributed by atoms with Gasteiger partial charge in [0.05, 0.1) is 15.9 Å². The molecular weight excluding hydrogens is 356 g/mol. The highest BCUT2D eigenvalue weighted by Gasteiger charge is 2.23. The lowest BCUT2D eigenvalue weighted by molar-refractivity contribution is -0.123. The Kier molecular flexibility index (Phi) is 5.91. The second-order valence-electron chi connectivity index (χ2n) is 7.08. The summed E-state index contributed by atoms with van der Waals surface area (Å²) in [6.07, 6.45) is 0. The normalized spacial score (nSPS) is 12.6. The van der Waals surface area contributed by atoms with Crippen molar-refractivity contribution in [3.8, 4) is 0 Å². The van der Waals surface area contributed by atoms with Crippen LogP contribution in [0.25, 0.3) is 0 Å². The number of anilines is 1. The van der Waals surface area contributed by atoms with Crippen LogP contribution in [0.5, 0.6) is 0 Å². The van der Waals surface area contributed by atoms with Crippen molar-refractivity contribution in [1.82, 2.24) is 5.32 Å². The van der Waals surface area contributed by atoms with Gasteiger partial charge in [-0.3, -0.25) is 9.59 Å². The van der Waals surface area contributed by atoms with Crippen LogP contribution < -0.4 is 10.6 Å². The van der Waals surface area contributed by atoms with Crippen LogP contribution in [0.15, 0.2) is 30.3 Å². The minimum Gasteiger partial charge on any atom is -0.345 e. The van der Waals surface area contributed by atoms with Crippen molar-refractivity contribution in [2.45, 2.75) is 40.7 Å². The molecule has 0 radical (unpaired) electrons. The molecule has 6 heteroatoms. The van der Waals surface area contributed by atoms with Gasteiger partial charge in [-0.05, 0) is 43.2 Å². The van der Waals surface area contributed by atoms with Crippen LogP contribution in [0.2, 0.25) is 5.02 Å². The topological polar surface area (TPSA) is 58.2 Å². The molecule has 0 saturated carbocycles. The van der Waals surface area contributed by atoms with Gasteiger partial charge in [0.2, 0.25) is 5.91 Å². The van der Waals surface area contributed by atoms with Gasteiger partial charge in [0.25, 0.3) is 5.91 Å². The number of rotatable bonds is 4. The molecule has 1 unspecified atom stereocenters. The third-order valence-corrected chi connectivity index (χ3v) is 5.12.